The number of hydrogen-bond acceptors (Lipinski definition) is 10. The van der Waals surface area contributed by atoms with Crippen LogP contribution in [0, 0.1) is 6.92 Å². The number of aromatic nitrogens is 2. The molecule has 0 radical (unpaired) electrons. The number of nitrogens with zero attached hydrogens (tertiary/aromatic N) is 5. The second kappa shape index (κ2) is 12.1. The molecule has 2 aliphatic rings. The van der Waals surface area contributed by atoms with Gasteiger partial charge in [0.05, 0.1) is 70.0 Å². The minimum Gasteiger partial charge on any atom is -0.497 e. The van der Waals surface area contributed by atoms with Crippen molar-refractivity contribution in [3.05, 3.63) is 102 Å². The van der Waals surface area contributed by atoms with Crippen molar-refractivity contribution in [2.24, 2.45) is 9.98 Å². The number of para-hydroxylation sites is 3. The third kappa shape index (κ3) is 4.96. The summed E-state index contributed by atoms with van der Waals surface area (Å²) in [5.74, 6) is 4.69. The Balaban J connectivity index is 1.51. The van der Waals surface area contributed by atoms with E-state index in [1.807, 2.05) is 96.5 Å². The van der Waals surface area contributed by atoms with Gasteiger partial charge in [0, 0.05) is 11.6 Å². The standard InChI is InChI=1S/C36H34N6O5/c1-21-31-32(22-18-29(45-4)33(47-6)30(19-22)46-5)41-27-15-11-10-14-25(27)37-34(38-26-17-16-24(43-2)20-28(26)44-3)36(41)39-35(31)42(40-21)23-12-8-7-9-13-23/h7-20,32H,1-6H3,(H,37,38)/t32-/m0/s1. The Morgan fingerprint density at radius 1 is 0.702 bits per heavy atom. The van der Waals surface area contributed by atoms with Gasteiger partial charge in [-0.15, -0.1) is 0 Å². The Morgan fingerprint density at radius 2 is 1.40 bits per heavy atom. The van der Waals surface area contributed by atoms with E-state index in [-0.39, 0.29) is 0 Å². The molecule has 0 aliphatic carbocycles. The lowest BCUT2D eigenvalue weighted by Gasteiger charge is -2.40. The van der Waals surface area contributed by atoms with E-state index >= 15 is 0 Å². The molecule has 0 unspecified atom stereocenters. The molecule has 47 heavy (non-hydrogen) atoms. The van der Waals surface area contributed by atoms with Crippen molar-refractivity contribution in [2.45, 2.75) is 13.0 Å². The molecule has 1 atom stereocenters. The number of anilines is 2. The zero-order chi connectivity index (χ0) is 32.7. The lowest BCUT2D eigenvalue weighted by molar-refractivity contribution is 0.323. The van der Waals surface area contributed by atoms with Crippen LogP contribution in [0.3, 0.4) is 0 Å². The fourth-order valence-corrected chi connectivity index (χ4v) is 6.15. The van der Waals surface area contributed by atoms with Crippen molar-refractivity contribution < 1.29 is 23.7 Å². The maximum Gasteiger partial charge on any atom is 0.203 e. The first kappa shape index (κ1) is 29.7. The van der Waals surface area contributed by atoms with Crippen LogP contribution in [0.5, 0.6) is 28.7 Å². The number of amidine groups is 2. The zero-order valence-electron chi connectivity index (χ0n) is 26.9. The van der Waals surface area contributed by atoms with Crippen molar-refractivity contribution in [2.75, 3.05) is 45.8 Å². The fourth-order valence-electron chi connectivity index (χ4n) is 6.15. The van der Waals surface area contributed by atoms with Crippen LogP contribution in [0.2, 0.25) is 0 Å². The summed E-state index contributed by atoms with van der Waals surface area (Å²) < 4.78 is 30.4. The molecular weight excluding hydrogens is 596 g/mol. The summed E-state index contributed by atoms with van der Waals surface area (Å²) in [7, 11) is 8.08. The van der Waals surface area contributed by atoms with Crippen LogP contribution in [0.4, 0.5) is 22.9 Å². The van der Waals surface area contributed by atoms with Gasteiger partial charge in [-0.25, -0.2) is 14.7 Å². The molecule has 0 spiro atoms. The van der Waals surface area contributed by atoms with E-state index in [1.54, 1.807) is 35.5 Å². The van der Waals surface area contributed by atoms with Gasteiger partial charge >= 0.3 is 0 Å². The van der Waals surface area contributed by atoms with Crippen molar-refractivity contribution in [1.29, 1.82) is 0 Å². The Hall–Kier alpha value is -5.97. The summed E-state index contributed by atoms with van der Waals surface area (Å²) in [5, 5.41) is 8.55. The minimum atomic E-state index is -0.408. The normalized spacial score (nSPS) is 14.6. The van der Waals surface area contributed by atoms with Crippen molar-refractivity contribution in [3.63, 3.8) is 0 Å². The third-order valence-corrected chi connectivity index (χ3v) is 8.30. The van der Waals surface area contributed by atoms with Gasteiger partial charge in [0.15, 0.2) is 29.0 Å². The van der Waals surface area contributed by atoms with Crippen LogP contribution in [-0.4, -0.2) is 57.0 Å². The average molecular weight is 631 g/mol. The molecule has 4 aromatic carbocycles. The zero-order valence-corrected chi connectivity index (χ0v) is 26.9. The number of hydrogen-bond donors (Lipinski definition) is 1. The van der Waals surface area contributed by atoms with Crippen molar-refractivity contribution in [3.8, 4) is 34.4 Å². The number of methoxy groups -OCH3 is 5. The molecule has 1 aromatic heterocycles. The van der Waals surface area contributed by atoms with Crippen LogP contribution in [-0.2, 0) is 0 Å². The second-order valence-corrected chi connectivity index (χ2v) is 10.9. The number of aliphatic imine (C=N–C) groups is 2. The van der Waals surface area contributed by atoms with Gasteiger partial charge in [-0.05, 0) is 61.0 Å². The SMILES string of the molecule is COc1ccc(NC2=Nc3ccccc3N3C2=Nc2c(c(C)nn2-c2ccccc2)[C@@H]3c2cc(OC)c(OC)c(OC)c2)c(OC)c1. The second-order valence-electron chi connectivity index (χ2n) is 10.9. The molecule has 11 heteroatoms. The van der Waals surface area contributed by atoms with Crippen molar-refractivity contribution in [1.82, 2.24) is 9.78 Å². The first-order chi connectivity index (χ1) is 23.0. The summed E-state index contributed by atoms with van der Waals surface area (Å²) in [6.07, 6.45) is 0. The third-order valence-electron chi connectivity index (χ3n) is 8.30. The number of benzene rings is 4. The van der Waals surface area contributed by atoms with Crippen LogP contribution < -0.4 is 33.9 Å². The molecule has 0 bridgehead atoms. The topological polar surface area (TPSA) is 104 Å². The predicted octanol–water partition coefficient (Wildman–Crippen LogP) is 7.02. The van der Waals surface area contributed by atoms with E-state index < -0.39 is 6.04 Å². The first-order valence-electron chi connectivity index (χ1n) is 15.0. The lowest BCUT2D eigenvalue weighted by Crippen LogP contribution is -2.46. The number of nitrogens with one attached hydrogen (secondary N) is 1. The van der Waals surface area contributed by atoms with Gasteiger partial charge in [-0.3, -0.25) is 0 Å². The van der Waals surface area contributed by atoms with E-state index in [9.17, 15) is 0 Å². The summed E-state index contributed by atoms with van der Waals surface area (Å²) in [6.45, 7) is 2.01. The van der Waals surface area contributed by atoms with Crippen LogP contribution in [0.15, 0.2) is 94.9 Å². The Bertz CT molecular complexity index is 2010. The Kier molecular flexibility index (Phi) is 7.64. The highest BCUT2D eigenvalue weighted by atomic mass is 16.5. The smallest absolute Gasteiger partial charge is 0.203 e. The van der Waals surface area contributed by atoms with E-state index in [1.165, 1.54) is 0 Å². The molecule has 3 heterocycles. The Labute approximate surface area is 272 Å². The molecule has 11 nitrogen and oxygen atoms in total. The van der Waals surface area contributed by atoms with Gasteiger partial charge in [-0.1, -0.05) is 30.3 Å². The number of rotatable bonds is 8. The highest BCUT2D eigenvalue weighted by Crippen LogP contribution is 2.51. The molecule has 0 amide bonds. The Morgan fingerprint density at radius 3 is 2.09 bits per heavy atom. The highest BCUT2D eigenvalue weighted by molar-refractivity contribution is 6.51. The van der Waals surface area contributed by atoms with Gasteiger partial charge in [-0.2, -0.15) is 5.10 Å². The van der Waals surface area contributed by atoms with Gasteiger partial charge in [0.25, 0.3) is 0 Å². The van der Waals surface area contributed by atoms with E-state index in [4.69, 9.17) is 38.8 Å². The average Bonchev–Trinajstić information content (AvgIpc) is 3.46. The molecule has 0 saturated carbocycles. The molecule has 0 fully saturated rings. The highest BCUT2D eigenvalue weighted by Gasteiger charge is 2.42. The molecule has 1 N–H and O–H groups in total. The van der Waals surface area contributed by atoms with Crippen LogP contribution >= 0.6 is 0 Å². The summed E-state index contributed by atoms with van der Waals surface area (Å²) in [5.41, 5.74) is 5.91. The number of ether oxygens (including phenoxy) is 5. The number of fused-ring (bicyclic) bond motifs is 4. The minimum absolute atomic E-state index is 0.408. The van der Waals surface area contributed by atoms with Crippen molar-refractivity contribution >= 4 is 34.6 Å². The summed E-state index contributed by atoms with van der Waals surface area (Å²) >= 11 is 0. The summed E-state index contributed by atoms with van der Waals surface area (Å²) in [6, 6.07) is 27.1. The maximum atomic E-state index is 5.82. The molecule has 7 rings (SSSR count). The van der Waals surface area contributed by atoms with Crippen LogP contribution in [0.25, 0.3) is 5.69 Å². The lowest BCUT2D eigenvalue weighted by atomic mass is 9.92. The molecular formula is C36H34N6O5. The van der Waals surface area contributed by atoms with E-state index in [2.05, 4.69) is 10.2 Å². The molecule has 5 aromatic rings. The van der Waals surface area contributed by atoms with E-state index in [0.29, 0.717) is 51.9 Å². The molecule has 2 aliphatic heterocycles. The monoisotopic (exact) mass is 630 g/mol. The van der Waals surface area contributed by atoms with Gasteiger partial charge in [0.1, 0.15) is 11.5 Å². The predicted molar refractivity (Wildman–Crippen MR) is 183 cm³/mol. The fraction of sp³-hybridized carbons (Fsp3) is 0.194. The molecule has 0 saturated heterocycles. The largest absolute Gasteiger partial charge is 0.497 e. The van der Waals surface area contributed by atoms with E-state index in [0.717, 1.165) is 33.9 Å². The molecule has 238 valence electrons. The van der Waals surface area contributed by atoms with Crippen LogP contribution in [0.1, 0.15) is 22.9 Å². The summed E-state index contributed by atoms with van der Waals surface area (Å²) in [4.78, 5) is 12.6. The first-order valence-corrected chi connectivity index (χ1v) is 15.0. The quantitative estimate of drug-likeness (QED) is 0.195. The maximum absolute atomic E-state index is 5.82. The van der Waals surface area contributed by atoms with Gasteiger partial charge in [0.2, 0.25) is 5.75 Å². The number of aryl methyl sites for hydroxylation is 1. The van der Waals surface area contributed by atoms with Gasteiger partial charge < -0.3 is 33.9 Å².